The van der Waals surface area contributed by atoms with E-state index in [1.54, 1.807) is 6.07 Å². The second-order valence-corrected chi connectivity index (χ2v) is 8.61. The molecule has 2 saturated heterocycles. The summed E-state index contributed by atoms with van der Waals surface area (Å²) in [6.45, 7) is 2.33. The molecule has 0 bridgehead atoms. The maximum Gasteiger partial charge on any atom is 0.328 e. The van der Waals surface area contributed by atoms with E-state index >= 15 is 0 Å². The molecule has 2 fully saturated rings. The Morgan fingerprint density at radius 2 is 1.62 bits per heavy atom. The second kappa shape index (κ2) is 8.37. The molecule has 1 amide bonds. The van der Waals surface area contributed by atoms with Crippen LogP contribution in [0.2, 0.25) is 0 Å². The van der Waals surface area contributed by atoms with E-state index < -0.39 is 17.7 Å². The number of piperidine rings is 1. The van der Waals surface area contributed by atoms with Gasteiger partial charge in [-0.2, -0.15) is 0 Å². The fourth-order valence-electron chi connectivity index (χ4n) is 4.92. The summed E-state index contributed by atoms with van der Waals surface area (Å²) in [6.07, 6.45) is 1.17. The molecule has 0 saturated carbocycles. The topological polar surface area (TPSA) is 70.1 Å². The number of carboxylic acid groups (broad SMARTS) is 1. The molecule has 32 heavy (non-hydrogen) atoms. The Hall–Kier alpha value is -3.22. The highest BCUT2D eigenvalue weighted by atomic mass is 16.5. The largest absolute Gasteiger partial charge is 0.480 e. The summed E-state index contributed by atoms with van der Waals surface area (Å²) in [4.78, 5) is 29.5. The minimum Gasteiger partial charge on any atom is -0.480 e. The molecule has 5 rings (SSSR count). The molecule has 0 aromatic heterocycles. The van der Waals surface area contributed by atoms with Gasteiger partial charge in [-0.1, -0.05) is 60.7 Å². The number of hydrogen-bond acceptors (Lipinski definition) is 4. The van der Waals surface area contributed by atoms with Gasteiger partial charge in [0.05, 0.1) is 6.61 Å². The number of nitrogens with zero attached hydrogens (tertiary/aromatic N) is 2. The summed E-state index contributed by atoms with van der Waals surface area (Å²) < 4.78 is 6.09. The first-order valence-corrected chi connectivity index (χ1v) is 11.0. The van der Waals surface area contributed by atoms with Gasteiger partial charge in [0.15, 0.2) is 6.04 Å². The smallest absolute Gasteiger partial charge is 0.328 e. The van der Waals surface area contributed by atoms with E-state index in [1.807, 2.05) is 54.6 Å². The lowest BCUT2D eigenvalue weighted by atomic mass is 9.96. The van der Waals surface area contributed by atoms with E-state index in [0.717, 1.165) is 30.4 Å². The van der Waals surface area contributed by atoms with Crippen molar-refractivity contribution in [1.82, 2.24) is 9.80 Å². The summed E-state index contributed by atoms with van der Waals surface area (Å²) in [7, 11) is 0. The zero-order chi connectivity index (χ0) is 22.1. The number of hydrogen-bond donors (Lipinski definition) is 1. The Bertz CT molecular complexity index is 1140. The van der Waals surface area contributed by atoms with Gasteiger partial charge in [-0.05, 0) is 28.5 Å². The number of carbonyl (C=O) groups is 2. The number of aliphatic carboxylic acids is 1. The minimum absolute atomic E-state index is 0.0212. The van der Waals surface area contributed by atoms with Crippen molar-refractivity contribution < 1.29 is 19.4 Å². The number of amides is 1. The first-order chi connectivity index (χ1) is 15.6. The molecule has 2 heterocycles. The SMILES string of the molecule is O=C(O)[C@@H]1COC2(CCN(Cc3ccccc3)CC2)N1C(=O)c1ccc2ccccc2c1. The highest BCUT2D eigenvalue weighted by molar-refractivity contribution is 6.00. The van der Waals surface area contributed by atoms with Crippen LogP contribution in [0.5, 0.6) is 0 Å². The van der Waals surface area contributed by atoms with E-state index in [0.29, 0.717) is 18.4 Å². The monoisotopic (exact) mass is 430 g/mol. The summed E-state index contributed by atoms with van der Waals surface area (Å²) in [5.41, 5.74) is 0.855. The molecular formula is C26H26N2O4. The van der Waals surface area contributed by atoms with Crippen LogP contribution in [0.4, 0.5) is 0 Å². The number of benzene rings is 3. The Balaban J connectivity index is 1.39. The lowest BCUT2D eigenvalue weighted by Crippen LogP contribution is -2.58. The van der Waals surface area contributed by atoms with E-state index in [1.165, 1.54) is 10.5 Å². The summed E-state index contributed by atoms with van der Waals surface area (Å²) in [5.74, 6) is -1.31. The van der Waals surface area contributed by atoms with Gasteiger partial charge < -0.3 is 9.84 Å². The lowest BCUT2D eigenvalue weighted by molar-refractivity contribution is -0.144. The fraction of sp³-hybridized carbons (Fsp3) is 0.308. The van der Waals surface area contributed by atoms with Crippen molar-refractivity contribution in [2.24, 2.45) is 0 Å². The molecule has 0 aliphatic carbocycles. The molecule has 1 atom stereocenters. The van der Waals surface area contributed by atoms with E-state index in [-0.39, 0.29) is 12.5 Å². The van der Waals surface area contributed by atoms with Crippen molar-refractivity contribution in [2.45, 2.75) is 31.2 Å². The quantitative estimate of drug-likeness (QED) is 0.683. The highest BCUT2D eigenvalue weighted by Crippen LogP contribution is 2.39. The van der Waals surface area contributed by atoms with Crippen molar-refractivity contribution in [3.63, 3.8) is 0 Å². The molecule has 3 aromatic rings. The van der Waals surface area contributed by atoms with Crippen LogP contribution in [-0.2, 0) is 16.1 Å². The Labute approximate surface area is 187 Å². The number of ether oxygens (including phenoxy) is 1. The number of carbonyl (C=O) groups excluding carboxylic acids is 1. The molecule has 164 valence electrons. The first kappa shape index (κ1) is 20.7. The van der Waals surface area contributed by atoms with E-state index in [9.17, 15) is 14.7 Å². The molecule has 6 heteroatoms. The van der Waals surface area contributed by atoms with Crippen molar-refractivity contribution in [3.05, 3.63) is 83.9 Å². The average Bonchev–Trinajstić information content (AvgIpc) is 3.19. The predicted octanol–water partition coefficient (Wildman–Crippen LogP) is 3.76. The number of likely N-dealkylation sites (tertiary alicyclic amines) is 1. The maximum absolute atomic E-state index is 13.6. The third kappa shape index (κ3) is 3.76. The molecule has 6 nitrogen and oxygen atoms in total. The second-order valence-electron chi connectivity index (χ2n) is 8.61. The van der Waals surface area contributed by atoms with Crippen LogP contribution in [0.3, 0.4) is 0 Å². The number of carboxylic acids is 1. The van der Waals surface area contributed by atoms with Gasteiger partial charge in [-0.3, -0.25) is 14.6 Å². The van der Waals surface area contributed by atoms with Crippen molar-refractivity contribution in [2.75, 3.05) is 19.7 Å². The van der Waals surface area contributed by atoms with Crippen molar-refractivity contribution >= 4 is 22.6 Å². The average molecular weight is 431 g/mol. The summed E-state index contributed by atoms with van der Waals surface area (Å²) >= 11 is 0. The molecule has 0 radical (unpaired) electrons. The van der Waals surface area contributed by atoms with Crippen LogP contribution >= 0.6 is 0 Å². The maximum atomic E-state index is 13.6. The van der Waals surface area contributed by atoms with Gasteiger partial charge in [-0.25, -0.2) is 4.79 Å². The molecule has 0 unspecified atom stereocenters. The van der Waals surface area contributed by atoms with Gasteiger partial charge in [0, 0.05) is 38.0 Å². The van der Waals surface area contributed by atoms with Crippen molar-refractivity contribution in [3.8, 4) is 0 Å². The van der Waals surface area contributed by atoms with Crippen LogP contribution in [0.25, 0.3) is 10.8 Å². The molecule has 3 aromatic carbocycles. The first-order valence-electron chi connectivity index (χ1n) is 11.0. The predicted molar refractivity (Wildman–Crippen MR) is 121 cm³/mol. The van der Waals surface area contributed by atoms with E-state index in [4.69, 9.17) is 4.74 Å². The van der Waals surface area contributed by atoms with Gasteiger partial charge >= 0.3 is 5.97 Å². The van der Waals surface area contributed by atoms with Crippen LogP contribution in [-0.4, -0.2) is 58.2 Å². The molecular weight excluding hydrogens is 404 g/mol. The zero-order valence-corrected chi connectivity index (χ0v) is 17.8. The van der Waals surface area contributed by atoms with E-state index in [2.05, 4.69) is 17.0 Å². The summed E-state index contributed by atoms with van der Waals surface area (Å²) in [5, 5.41) is 11.8. The Morgan fingerprint density at radius 1 is 0.938 bits per heavy atom. The van der Waals surface area contributed by atoms with Crippen LogP contribution in [0, 0.1) is 0 Å². The number of rotatable bonds is 4. The molecule has 2 aliphatic heterocycles. The highest BCUT2D eigenvalue weighted by Gasteiger charge is 2.54. The third-order valence-electron chi connectivity index (χ3n) is 6.65. The summed E-state index contributed by atoms with van der Waals surface area (Å²) in [6, 6.07) is 22.7. The van der Waals surface area contributed by atoms with Gasteiger partial charge in [0.25, 0.3) is 5.91 Å². The Kier molecular flexibility index (Phi) is 5.41. The van der Waals surface area contributed by atoms with Crippen LogP contribution in [0.1, 0.15) is 28.8 Å². The minimum atomic E-state index is -1.03. The zero-order valence-electron chi connectivity index (χ0n) is 17.8. The molecule has 1 N–H and O–H groups in total. The van der Waals surface area contributed by atoms with Gasteiger partial charge in [-0.15, -0.1) is 0 Å². The van der Waals surface area contributed by atoms with Crippen molar-refractivity contribution in [1.29, 1.82) is 0 Å². The lowest BCUT2D eigenvalue weighted by Gasteiger charge is -2.44. The standard InChI is InChI=1S/C26H26N2O4/c29-24(22-11-10-20-8-4-5-9-21(20)16-22)28-23(25(30)31)18-32-26(28)12-14-27(15-13-26)17-19-6-2-1-3-7-19/h1-11,16,23H,12-15,17-18H2,(H,30,31)/t23-/m0/s1. The third-order valence-corrected chi connectivity index (χ3v) is 6.65. The fourth-order valence-corrected chi connectivity index (χ4v) is 4.92. The Morgan fingerprint density at radius 3 is 2.34 bits per heavy atom. The normalized spacial score (nSPS) is 20.6. The van der Waals surface area contributed by atoms with Crippen LogP contribution < -0.4 is 0 Å². The van der Waals surface area contributed by atoms with Gasteiger partial charge in [0.2, 0.25) is 0 Å². The molecule has 1 spiro atoms. The number of fused-ring (bicyclic) bond motifs is 1. The molecule has 2 aliphatic rings. The van der Waals surface area contributed by atoms with Crippen LogP contribution in [0.15, 0.2) is 72.8 Å². The van der Waals surface area contributed by atoms with Gasteiger partial charge in [0.1, 0.15) is 5.72 Å².